The molecule has 1 aromatic carbocycles. The summed E-state index contributed by atoms with van der Waals surface area (Å²) in [6.07, 6.45) is 8.61. The standard InChI is InChI=1S/C21H25FN4S/c1-26-13-16(21(25-26)15-7-3-2-4-8-15)11-23-12-20-24-19(14-27-20)17-9-5-6-10-18(17)22/h5-6,9-10,13-15,23H,2-4,7-8,11-12H2,1H3. The van der Waals surface area contributed by atoms with Gasteiger partial charge in [0.2, 0.25) is 0 Å². The second-order valence-corrected chi connectivity index (χ2v) is 8.20. The zero-order valence-electron chi connectivity index (χ0n) is 15.6. The van der Waals surface area contributed by atoms with Crippen molar-refractivity contribution >= 4 is 11.3 Å². The molecule has 0 atom stereocenters. The minimum atomic E-state index is -0.227. The van der Waals surface area contributed by atoms with Gasteiger partial charge in [-0.3, -0.25) is 4.68 Å². The van der Waals surface area contributed by atoms with Crippen molar-refractivity contribution in [2.24, 2.45) is 7.05 Å². The number of rotatable bonds is 6. The molecule has 1 saturated carbocycles. The Morgan fingerprint density at radius 3 is 2.81 bits per heavy atom. The van der Waals surface area contributed by atoms with Gasteiger partial charge in [-0.15, -0.1) is 11.3 Å². The highest BCUT2D eigenvalue weighted by molar-refractivity contribution is 7.09. The number of aromatic nitrogens is 3. The quantitative estimate of drug-likeness (QED) is 0.649. The minimum Gasteiger partial charge on any atom is -0.306 e. The molecule has 0 amide bonds. The predicted molar refractivity (Wildman–Crippen MR) is 107 cm³/mol. The summed E-state index contributed by atoms with van der Waals surface area (Å²) in [7, 11) is 2.00. The van der Waals surface area contributed by atoms with Gasteiger partial charge in [-0.05, 0) is 25.0 Å². The van der Waals surface area contributed by atoms with Crippen LogP contribution in [0.4, 0.5) is 4.39 Å². The molecule has 0 aliphatic heterocycles. The molecule has 0 radical (unpaired) electrons. The number of nitrogens with zero attached hydrogens (tertiary/aromatic N) is 3. The van der Waals surface area contributed by atoms with Gasteiger partial charge in [-0.1, -0.05) is 31.4 Å². The fraction of sp³-hybridized carbons (Fsp3) is 0.429. The fourth-order valence-electron chi connectivity index (χ4n) is 3.90. The van der Waals surface area contributed by atoms with Gasteiger partial charge in [0.1, 0.15) is 10.8 Å². The predicted octanol–water partition coefficient (Wildman–Crippen LogP) is 5.02. The van der Waals surface area contributed by atoms with Crippen LogP contribution in [-0.4, -0.2) is 14.8 Å². The highest BCUT2D eigenvalue weighted by atomic mass is 32.1. The van der Waals surface area contributed by atoms with E-state index in [2.05, 4.69) is 16.5 Å². The molecule has 2 aromatic heterocycles. The van der Waals surface area contributed by atoms with Crippen molar-refractivity contribution in [3.63, 3.8) is 0 Å². The number of aryl methyl sites for hydroxylation is 1. The normalized spacial score (nSPS) is 15.3. The molecule has 27 heavy (non-hydrogen) atoms. The van der Waals surface area contributed by atoms with Gasteiger partial charge in [-0.2, -0.15) is 5.10 Å². The van der Waals surface area contributed by atoms with Crippen molar-refractivity contribution in [3.8, 4) is 11.3 Å². The maximum Gasteiger partial charge on any atom is 0.132 e. The molecule has 6 heteroatoms. The molecule has 1 aliphatic rings. The molecule has 2 heterocycles. The van der Waals surface area contributed by atoms with Crippen molar-refractivity contribution in [2.75, 3.05) is 0 Å². The van der Waals surface area contributed by atoms with Crippen LogP contribution < -0.4 is 5.32 Å². The molecule has 0 bridgehead atoms. The van der Waals surface area contributed by atoms with Crippen LogP contribution in [0, 0.1) is 5.82 Å². The third kappa shape index (κ3) is 4.28. The number of hydrogen-bond donors (Lipinski definition) is 1. The van der Waals surface area contributed by atoms with E-state index in [9.17, 15) is 4.39 Å². The lowest BCUT2D eigenvalue weighted by Crippen LogP contribution is -2.15. The number of halogens is 1. The van der Waals surface area contributed by atoms with Crippen LogP contribution in [0.5, 0.6) is 0 Å². The first kappa shape index (κ1) is 18.3. The van der Waals surface area contributed by atoms with Gasteiger partial charge >= 0.3 is 0 Å². The molecule has 4 rings (SSSR count). The molecular formula is C21H25FN4S. The Morgan fingerprint density at radius 2 is 2.00 bits per heavy atom. The first-order valence-corrected chi connectivity index (χ1v) is 10.5. The highest BCUT2D eigenvalue weighted by Crippen LogP contribution is 2.33. The van der Waals surface area contributed by atoms with Gasteiger partial charge in [0.25, 0.3) is 0 Å². The Hall–Kier alpha value is -2.05. The van der Waals surface area contributed by atoms with E-state index in [4.69, 9.17) is 5.10 Å². The summed E-state index contributed by atoms with van der Waals surface area (Å²) in [5.41, 5.74) is 3.82. The van der Waals surface area contributed by atoms with E-state index in [1.807, 2.05) is 23.2 Å². The molecule has 0 spiro atoms. The average Bonchev–Trinajstić information content (AvgIpc) is 3.30. The molecular weight excluding hydrogens is 359 g/mol. The van der Waals surface area contributed by atoms with Crippen molar-refractivity contribution in [1.82, 2.24) is 20.1 Å². The maximum atomic E-state index is 13.9. The number of hydrogen-bond acceptors (Lipinski definition) is 4. The minimum absolute atomic E-state index is 0.227. The van der Waals surface area contributed by atoms with Crippen molar-refractivity contribution in [3.05, 3.63) is 57.9 Å². The number of nitrogens with one attached hydrogen (secondary N) is 1. The van der Waals surface area contributed by atoms with Crippen LogP contribution in [-0.2, 0) is 20.1 Å². The molecule has 0 unspecified atom stereocenters. The van der Waals surface area contributed by atoms with E-state index in [0.717, 1.165) is 11.6 Å². The Morgan fingerprint density at radius 1 is 1.19 bits per heavy atom. The van der Waals surface area contributed by atoms with E-state index in [0.29, 0.717) is 23.7 Å². The van der Waals surface area contributed by atoms with Gasteiger partial charge < -0.3 is 5.32 Å². The number of benzene rings is 1. The smallest absolute Gasteiger partial charge is 0.132 e. The van der Waals surface area contributed by atoms with Gasteiger partial charge in [0, 0.05) is 48.8 Å². The van der Waals surface area contributed by atoms with Crippen molar-refractivity contribution in [1.29, 1.82) is 0 Å². The first-order valence-electron chi connectivity index (χ1n) is 9.63. The summed E-state index contributed by atoms with van der Waals surface area (Å²) in [4.78, 5) is 4.59. The molecule has 1 N–H and O–H groups in total. The van der Waals surface area contributed by atoms with E-state index >= 15 is 0 Å². The van der Waals surface area contributed by atoms with E-state index < -0.39 is 0 Å². The van der Waals surface area contributed by atoms with Crippen molar-refractivity contribution < 1.29 is 4.39 Å². The summed E-state index contributed by atoms with van der Waals surface area (Å²) < 4.78 is 15.9. The van der Waals surface area contributed by atoms with Crippen molar-refractivity contribution in [2.45, 2.75) is 51.1 Å². The number of thiazole rings is 1. The molecule has 0 saturated heterocycles. The highest BCUT2D eigenvalue weighted by Gasteiger charge is 2.21. The molecule has 4 nitrogen and oxygen atoms in total. The van der Waals surface area contributed by atoms with E-state index in [-0.39, 0.29) is 5.82 Å². The SMILES string of the molecule is Cn1cc(CNCc2nc(-c3ccccc3F)cs2)c(C2CCCCC2)n1. The summed E-state index contributed by atoms with van der Waals surface area (Å²) >= 11 is 1.56. The monoisotopic (exact) mass is 384 g/mol. The van der Waals surface area contributed by atoms with Crippen LogP contribution in [0.3, 0.4) is 0 Å². The summed E-state index contributed by atoms with van der Waals surface area (Å²) in [6.45, 7) is 1.46. The summed E-state index contributed by atoms with van der Waals surface area (Å²) in [5, 5.41) is 11.1. The fourth-order valence-corrected chi connectivity index (χ4v) is 4.66. The maximum absolute atomic E-state index is 13.9. The van der Waals surface area contributed by atoms with Gasteiger partial charge in [0.15, 0.2) is 0 Å². The lowest BCUT2D eigenvalue weighted by Gasteiger charge is -2.21. The first-order chi connectivity index (χ1) is 13.2. The van der Waals surface area contributed by atoms with Crippen LogP contribution in [0.2, 0.25) is 0 Å². The van der Waals surface area contributed by atoms with Crippen LogP contribution in [0.15, 0.2) is 35.8 Å². The van der Waals surface area contributed by atoms with E-state index in [1.54, 1.807) is 23.5 Å². The summed E-state index contributed by atoms with van der Waals surface area (Å²) in [5.74, 6) is 0.374. The van der Waals surface area contributed by atoms with Crippen LogP contribution in [0.1, 0.15) is 54.3 Å². The molecule has 142 valence electrons. The lowest BCUT2D eigenvalue weighted by atomic mass is 9.85. The zero-order valence-corrected chi connectivity index (χ0v) is 16.4. The Labute approximate surface area is 163 Å². The Balaban J connectivity index is 1.39. The Bertz CT molecular complexity index is 895. The van der Waals surface area contributed by atoms with Crippen LogP contribution >= 0.6 is 11.3 Å². The third-order valence-electron chi connectivity index (χ3n) is 5.22. The van der Waals surface area contributed by atoms with Crippen LogP contribution in [0.25, 0.3) is 11.3 Å². The zero-order chi connectivity index (χ0) is 18.6. The average molecular weight is 385 g/mol. The van der Waals surface area contributed by atoms with Gasteiger partial charge in [-0.25, -0.2) is 9.37 Å². The third-order valence-corrected chi connectivity index (χ3v) is 6.07. The summed E-state index contributed by atoms with van der Waals surface area (Å²) in [6, 6.07) is 6.78. The molecule has 1 aliphatic carbocycles. The van der Waals surface area contributed by atoms with Gasteiger partial charge in [0.05, 0.1) is 11.4 Å². The van der Waals surface area contributed by atoms with E-state index in [1.165, 1.54) is 49.4 Å². The second kappa shape index (κ2) is 8.31. The Kier molecular flexibility index (Phi) is 5.64. The molecule has 1 fully saturated rings. The second-order valence-electron chi connectivity index (χ2n) is 7.26. The lowest BCUT2D eigenvalue weighted by molar-refractivity contribution is 0.431. The largest absolute Gasteiger partial charge is 0.306 e. The molecule has 3 aromatic rings. The topological polar surface area (TPSA) is 42.7 Å².